The largest absolute Gasteiger partial charge is 0.456 e. The molecule has 5 rings (SSSR count). The number of piperazine rings is 1. The van der Waals surface area contributed by atoms with Crippen molar-refractivity contribution in [1.29, 1.82) is 0 Å². The number of rotatable bonds is 6. The van der Waals surface area contributed by atoms with Crippen LogP contribution in [0.4, 0.5) is 10.1 Å². The smallest absolute Gasteiger partial charge is 0.254 e. The third-order valence-corrected chi connectivity index (χ3v) is 7.48. The number of carbonyl (C=O) groups excluding carboxylic acids is 2. The molecule has 0 radical (unpaired) electrons. The Hall–Kier alpha value is -4.31. The molecule has 1 aliphatic heterocycles. The maximum Gasteiger partial charge on any atom is 0.254 e. The zero-order valence-electron chi connectivity index (χ0n) is 24.9. The van der Waals surface area contributed by atoms with Crippen molar-refractivity contribution in [3.8, 4) is 11.5 Å². The summed E-state index contributed by atoms with van der Waals surface area (Å²) < 4.78 is 23.2. The van der Waals surface area contributed by atoms with Crippen LogP contribution in [0.2, 0.25) is 0 Å². The summed E-state index contributed by atoms with van der Waals surface area (Å²) in [5.41, 5.74) is 2.45. The van der Waals surface area contributed by atoms with E-state index in [0.29, 0.717) is 39.2 Å². The van der Waals surface area contributed by atoms with Crippen LogP contribution in [0.5, 0.6) is 11.5 Å². The maximum atomic E-state index is 15.2. The first-order valence-corrected chi connectivity index (χ1v) is 14.1. The zero-order chi connectivity index (χ0) is 30.2. The molecule has 42 heavy (non-hydrogen) atoms. The van der Waals surface area contributed by atoms with Gasteiger partial charge in [-0.25, -0.2) is 4.39 Å². The first kappa shape index (κ1) is 29.2. The van der Waals surface area contributed by atoms with Crippen LogP contribution < -0.4 is 15.4 Å². The van der Waals surface area contributed by atoms with E-state index in [1.165, 1.54) is 6.07 Å². The molecule has 2 amide bonds. The van der Waals surface area contributed by atoms with Crippen molar-refractivity contribution >= 4 is 28.4 Å². The van der Waals surface area contributed by atoms with Crippen LogP contribution in [-0.2, 0) is 16.8 Å². The number of fused-ring (bicyclic) bond motifs is 1. The first-order chi connectivity index (χ1) is 19.9. The van der Waals surface area contributed by atoms with Gasteiger partial charge in [-0.15, -0.1) is 0 Å². The number of hydrogen-bond donors (Lipinski definition) is 2. The summed E-state index contributed by atoms with van der Waals surface area (Å²) in [4.78, 5) is 32.5. The second-order valence-corrected chi connectivity index (χ2v) is 12.0. The molecule has 0 unspecified atom stereocenters. The molecule has 2 atom stereocenters. The van der Waals surface area contributed by atoms with Crippen molar-refractivity contribution in [2.24, 2.45) is 0 Å². The molecule has 0 spiro atoms. The Labute approximate surface area is 245 Å². The Balaban J connectivity index is 1.35. The second kappa shape index (κ2) is 11.5. The fourth-order valence-electron chi connectivity index (χ4n) is 5.24. The van der Waals surface area contributed by atoms with E-state index in [0.717, 1.165) is 13.1 Å². The number of halogens is 1. The Kier molecular flexibility index (Phi) is 8.01. The molecule has 0 bridgehead atoms. The summed E-state index contributed by atoms with van der Waals surface area (Å²) in [7, 11) is 0. The summed E-state index contributed by atoms with van der Waals surface area (Å²) in [5, 5.41) is 11.1. The molecule has 1 aliphatic rings. The van der Waals surface area contributed by atoms with Crippen LogP contribution in [0, 0.1) is 12.7 Å². The Morgan fingerprint density at radius 3 is 2.52 bits per heavy atom. The maximum absolute atomic E-state index is 15.2. The van der Waals surface area contributed by atoms with E-state index in [2.05, 4.69) is 20.7 Å². The molecule has 4 aromatic rings. The van der Waals surface area contributed by atoms with E-state index < -0.39 is 5.82 Å². The molecule has 3 heterocycles. The number of carbonyl (C=O) groups is 2. The van der Waals surface area contributed by atoms with Crippen LogP contribution in [0.25, 0.3) is 10.9 Å². The lowest BCUT2D eigenvalue weighted by molar-refractivity contribution is -0.115. The number of aryl methyl sites for hydroxylation is 1. The number of amides is 2. The number of nitrogens with one attached hydrogen (secondary N) is 2. The lowest BCUT2D eigenvalue weighted by Gasteiger charge is -2.39. The van der Waals surface area contributed by atoms with Gasteiger partial charge < -0.3 is 20.3 Å². The summed E-state index contributed by atoms with van der Waals surface area (Å²) >= 11 is 0. The van der Waals surface area contributed by atoms with E-state index in [1.807, 2.05) is 39.5 Å². The second-order valence-electron chi connectivity index (χ2n) is 12.0. The van der Waals surface area contributed by atoms with Gasteiger partial charge in [0.05, 0.1) is 29.4 Å². The SMILES string of the molecule is Cc1cc(CC(=O)Nc2cnn(C(C)(C)C)c2)c(F)cc1Oc1ccnc2ccc(C(=O)N3[C@H](C)CNC[C@@H]3C)cc12. The van der Waals surface area contributed by atoms with Crippen LogP contribution in [0.3, 0.4) is 0 Å². The van der Waals surface area contributed by atoms with Gasteiger partial charge in [-0.05, 0) is 83.0 Å². The van der Waals surface area contributed by atoms with E-state index in [1.54, 1.807) is 60.5 Å². The lowest BCUT2D eigenvalue weighted by atomic mass is 10.0. The molecule has 10 heteroatoms. The van der Waals surface area contributed by atoms with Crippen molar-refractivity contribution in [2.45, 2.75) is 65.6 Å². The topological polar surface area (TPSA) is 101 Å². The van der Waals surface area contributed by atoms with Crippen molar-refractivity contribution in [3.05, 3.63) is 77.5 Å². The Morgan fingerprint density at radius 1 is 1.10 bits per heavy atom. The number of aromatic nitrogens is 3. The lowest BCUT2D eigenvalue weighted by Crippen LogP contribution is -2.57. The molecule has 2 aromatic carbocycles. The number of ether oxygens (including phenoxy) is 1. The number of nitrogens with zero attached hydrogens (tertiary/aromatic N) is 4. The average Bonchev–Trinajstić information content (AvgIpc) is 3.40. The van der Waals surface area contributed by atoms with Gasteiger partial charge in [-0.3, -0.25) is 19.3 Å². The quantitative estimate of drug-likeness (QED) is 0.320. The molecule has 9 nitrogen and oxygen atoms in total. The average molecular weight is 573 g/mol. The minimum atomic E-state index is -0.549. The van der Waals surface area contributed by atoms with Gasteiger partial charge in [0.15, 0.2) is 0 Å². The molecular weight excluding hydrogens is 535 g/mol. The summed E-state index contributed by atoms with van der Waals surface area (Å²) in [6.45, 7) is 13.4. The third kappa shape index (κ3) is 6.13. The highest BCUT2D eigenvalue weighted by atomic mass is 19.1. The molecule has 0 aliphatic carbocycles. The van der Waals surface area contributed by atoms with Crippen molar-refractivity contribution in [3.63, 3.8) is 0 Å². The molecule has 1 fully saturated rings. The summed E-state index contributed by atoms with van der Waals surface area (Å²) in [6, 6.07) is 10.1. The third-order valence-electron chi connectivity index (χ3n) is 7.48. The number of benzene rings is 2. The van der Waals surface area contributed by atoms with Gasteiger partial charge >= 0.3 is 0 Å². The van der Waals surface area contributed by atoms with E-state index in [-0.39, 0.29) is 41.4 Å². The fourth-order valence-corrected chi connectivity index (χ4v) is 5.24. The van der Waals surface area contributed by atoms with E-state index in [9.17, 15) is 9.59 Å². The van der Waals surface area contributed by atoms with Crippen molar-refractivity contribution in [2.75, 3.05) is 18.4 Å². The highest BCUT2D eigenvalue weighted by Crippen LogP contribution is 2.33. The number of anilines is 1. The zero-order valence-corrected chi connectivity index (χ0v) is 24.9. The van der Waals surface area contributed by atoms with Crippen molar-refractivity contribution < 1.29 is 18.7 Å². The molecule has 2 aromatic heterocycles. The van der Waals surface area contributed by atoms with Crippen molar-refractivity contribution in [1.82, 2.24) is 25.0 Å². The monoisotopic (exact) mass is 572 g/mol. The van der Waals surface area contributed by atoms with E-state index >= 15 is 4.39 Å². The van der Waals surface area contributed by atoms with Crippen LogP contribution in [-0.4, -0.2) is 56.7 Å². The van der Waals surface area contributed by atoms with Gasteiger partial charge in [0.2, 0.25) is 5.91 Å². The Morgan fingerprint density at radius 2 is 1.83 bits per heavy atom. The Bertz CT molecular complexity index is 1630. The normalized spacial score (nSPS) is 17.4. The van der Waals surface area contributed by atoms with Crippen LogP contribution >= 0.6 is 0 Å². The van der Waals surface area contributed by atoms with E-state index in [4.69, 9.17) is 4.74 Å². The molecular formula is C32H37FN6O3. The molecule has 2 N–H and O–H groups in total. The summed E-state index contributed by atoms with van der Waals surface area (Å²) in [6.07, 6.45) is 4.80. The molecule has 220 valence electrons. The van der Waals surface area contributed by atoms with Gasteiger partial charge in [0.1, 0.15) is 17.3 Å². The van der Waals surface area contributed by atoms with Crippen LogP contribution in [0.1, 0.15) is 56.1 Å². The predicted octanol–water partition coefficient (Wildman–Crippen LogP) is 5.43. The predicted molar refractivity (Wildman–Crippen MR) is 160 cm³/mol. The minimum absolute atomic E-state index is 0.0520. The minimum Gasteiger partial charge on any atom is -0.456 e. The van der Waals surface area contributed by atoms with Gasteiger partial charge in [0.25, 0.3) is 5.91 Å². The first-order valence-electron chi connectivity index (χ1n) is 14.1. The molecule has 1 saturated heterocycles. The molecule has 0 saturated carbocycles. The summed E-state index contributed by atoms with van der Waals surface area (Å²) in [5.74, 6) is -0.173. The van der Waals surface area contributed by atoms with Gasteiger partial charge in [-0.2, -0.15) is 5.10 Å². The van der Waals surface area contributed by atoms with Gasteiger partial charge in [0, 0.05) is 54.6 Å². The number of hydrogen-bond acceptors (Lipinski definition) is 6. The fraction of sp³-hybridized carbons (Fsp3) is 0.375. The number of pyridine rings is 1. The highest BCUT2D eigenvalue weighted by Gasteiger charge is 2.30. The standard InChI is InChI=1S/C32H37FN6O3/c1-19-11-23(13-30(40)37-24-17-36-38(18-24)32(4,5)6)26(33)14-29(19)42-28-9-10-35-27-8-7-22(12-25(27)28)31(41)39-20(2)15-34-16-21(39)3/h7-12,14,17-18,20-21,34H,13,15-16H2,1-6H3,(H,37,40)/t20-,21+. The van der Waals surface area contributed by atoms with Gasteiger partial charge in [-0.1, -0.05) is 0 Å². The van der Waals surface area contributed by atoms with Crippen LogP contribution in [0.15, 0.2) is 55.0 Å². The highest BCUT2D eigenvalue weighted by molar-refractivity contribution is 5.99.